The molecule has 2 heterocycles. The van der Waals surface area contributed by atoms with Crippen molar-refractivity contribution in [1.82, 2.24) is 14.9 Å². The highest BCUT2D eigenvalue weighted by molar-refractivity contribution is 6.26. The Morgan fingerprint density at radius 1 is 0.957 bits per heavy atom. The summed E-state index contributed by atoms with van der Waals surface area (Å²) in [7, 11) is 0. The number of benzene rings is 2. The van der Waals surface area contributed by atoms with Gasteiger partial charge in [-0.1, -0.05) is 12.1 Å². The number of carbonyl (C=O) groups excluding carboxylic acids is 2. The van der Waals surface area contributed by atoms with Crippen LogP contribution in [0.25, 0.3) is 10.8 Å². The number of amides is 2. The Bertz CT molecular complexity index is 931. The van der Waals surface area contributed by atoms with Gasteiger partial charge in [-0.15, -0.1) is 0 Å². The van der Waals surface area contributed by atoms with Crippen LogP contribution in [0.1, 0.15) is 26.3 Å². The average molecular weight is 304 g/mol. The normalized spacial score (nSPS) is 13.7. The van der Waals surface area contributed by atoms with Gasteiger partial charge in [0.25, 0.3) is 11.8 Å². The van der Waals surface area contributed by atoms with Crippen molar-refractivity contribution in [3.8, 4) is 0 Å². The fourth-order valence-electron chi connectivity index (χ4n) is 2.91. The van der Waals surface area contributed by atoms with Gasteiger partial charge in [-0.25, -0.2) is 9.97 Å². The lowest BCUT2D eigenvalue weighted by molar-refractivity contribution is 0.0598. The highest BCUT2D eigenvalue weighted by atomic mass is 16.2. The molecule has 0 bridgehead atoms. The van der Waals surface area contributed by atoms with Gasteiger partial charge >= 0.3 is 0 Å². The molecule has 0 saturated heterocycles. The molecule has 1 aliphatic rings. The minimum Gasteiger partial charge on any atom is -0.398 e. The molecule has 0 atom stereocenters. The smallest absolute Gasteiger partial charge is 0.261 e. The van der Waals surface area contributed by atoms with Crippen LogP contribution >= 0.6 is 0 Å². The van der Waals surface area contributed by atoms with Gasteiger partial charge in [0.2, 0.25) is 0 Å². The summed E-state index contributed by atoms with van der Waals surface area (Å²) in [5.74, 6) is -0.662. The molecule has 1 aromatic heterocycles. The summed E-state index contributed by atoms with van der Waals surface area (Å²) in [4.78, 5) is 34.6. The first kappa shape index (κ1) is 13.4. The minimum atomic E-state index is -0.331. The summed E-state index contributed by atoms with van der Waals surface area (Å²) >= 11 is 0. The molecular formula is C17H12N4O2. The number of hydrogen-bond donors (Lipinski definition) is 1. The number of rotatable bonds is 2. The van der Waals surface area contributed by atoms with E-state index in [0.717, 1.165) is 5.39 Å². The molecule has 1 aliphatic heterocycles. The Labute approximate surface area is 131 Å². The molecule has 2 amide bonds. The van der Waals surface area contributed by atoms with E-state index in [9.17, 15) is 9.59 Å². The van der Waals surface area contributed by atoms with Crippen LogP contribution < -0.4 is 5.73 Å². The van der Waals surface area contributed by atoms with E-state index in [0.29, 0.717) is 27.8 Å². The monoisotopic (exact) mass is 304 g/mol. The Kier molecular flexibility index (Phi) is 2.84. The van der Waals surface area contributed by atoms with Crippen LogP contribution in [-0.4, -0.2) is 26.7 Å². The average Bonchev–Trinajstić information content (AvgIpc) is 2.59. The van der Waals surface area contributed by atoms with Gasteiger partial charge in [-0.3, -0.25) is 14.5 Å². The molecule has 6 nitrogen and oxygen atoms in total. The van der Waals surface area contributed by atoms with Gasteiger partial charge in [0.15, 0.2) is 0 Å². The summed E-state index contributed by atoms with van der Waals surface area (Å²) < 4.78 is 0. The van der Waals surface area contributed by atoms with E-state index in [1.165, 1.54) is 11.2 Å². The van der Waals surface area contributed by atoms with Crippen molar-refractivity contribution in [3.05, 3.63) is 65.7 Å². The van der Waals surface area contributed by atoms with Gasteiger partial charge in [-0.05, 0) is 18.2 Å². The summed E-state index contributed by atoms with van der Waals surface area (Å²) in [6.07, 6.45) is 4.58. The maximum absolute atomic E-state index is 12.8. The van der Waals surface area contributed by atoms with E-state index < -0.39 is 0 Å². The zero-order valence-corrected chi connectivity index (χ0v) is 12.1. The number of nitrogen functional groups attached to an aromatic ring is 1. The molecule has 4 rings (SSSR count). The molecule has 112 valence electrons. The molecular weight excluding hydrogens is 292 g/mol. The second-order valence-corrected chi connectivity index (χ2v) is 5.37. The minimum absolute atomic E-state index is 0.138. The van der Waals surface area contributed by atoms with Crippen molar-refractivity contribution in [3.63, 3.8) is 0 Å². The fourth-order valence-corrected chi connectivity index (χ4v) is 2.91. The van der Waals surface area contributed by atoms with Crippen LogP contribution in [0.2, 0.25) is 0 Å². The zero-order valence-electron chi connectivity index (χ0n) is 12.1. The lowest BCUT2D eigenvalue weighted by atomic mass is 9.93. The van der Waals surface area contributed by atoms with Crippen molar-refractivity contribution in [1.29, 1.82) is 0 Å². The first-order valence-corrected chi connectivity index (χ1v) is 7.08. The van der Waals surface area contributed by atoms with Crippen molar-refractivity contribution in [2.24, 2.45) is 0 Å². The summed E-state index contributed by atoms with van der Waals surface area (Å²) in [5.41, 5.74) is 8.19. The van der Waals surface area contributed by atoms with Gasteiger partial charge < -0.3 is 5.73 Å². The van der Waals surface area contributed by atoms with Crippen molar-refractivity contribution in [2.75, 3.05) is 5.73 Å². The first-order chi connectivity index (χ1) is 11.2. The molecule has 0 radical (unpaired) electrons. The van der Waals surface area contributed by atoms with E-state index in [1.807, 2.05) is 6.07 Å². The summed E-state index contributed by atoms with van der Waals surface area (Å²) in [5, 5.41) is 1.35. The maximum Gasteiger partial charge on any atom is 0.261 e. The largest absolute Gasteiger partial charge is 0.398 e. The van der Waals surface area contributed by atoms with Gasteiger partial charge in [0.05, 0.1) is 6.54 Å². The van der Waals surface area contributed by atoms with Crippen LogP contribution in [0.15, 0.2) is 49.1 Å². The Balaban J connectivity index is 1.87. The number of anilines is 1. The van der Waals surface area contributed by atoms with Gasteiger partial charge in [0, 0.05) is 45.5 Å². The van der Waals surface area contributed by atoms with Crippen LogP contribution in [-0.2, 0) is 6.54 Å². The topological polar surface area (TPSA) is 89.2 Å². The highest BCUT2D eigenvalue weighted by Crippen LogP contribution is 2.33. The second-order valence-electron chi connectivity index (χ2n) is 5.37. The standard InChI is InChI=1S/C17H12N4O2/c18-14-5-4-13-15-11(14)2-1-3-12(15)16(22)21(17(13)23)8-10-6-19-9-20-7-10/h1-7,9H,8,18H2. The van der Waals surface area contributed by atoms with Crippen molar-refractivity contribution < 1.29 is 9.59 Å². The third-order valence-corrected chi connectivity index (χ3v) is 3.98. The quantitative estimate of drug-likeness (QED) is 0.578. The maximum atomic E-state index is 12.8. The van der Waals surface area contributed by atoms with Crippen molar-refractivity contribution >= 4 is 28.3 Å². The lowest BCUT2D eigenvalue weighted by Crippen LogP contribution is -2.39. The molecule has 23 heavy (non-hydrogen) atoms. The van der Waals surface area contributed by atoms with E-state index in [4.69, 9.17) is 5.73 Å². The predicted molar refractivity (Wildman–Crippen MR) is 84.6 cm³/mol. The number of nitrogens with two attached hydrogens (primary N) is 1. The number of nitrogens with zero attached hydrogens (tertiary/aromatic N) is 3. The van der Waals surface area contributed by atoms with Crippen LogP contribution in [0.3, 0.4) is 0 Å². The Hall–Kier alpha value is -3.28. The third-order valence-electron chi connectivity index (χ3n) is 3.98. The third kappa shape index (κ3) is 1.96. The Morgan fingerprint density at radius 2 is 1.65 bits per heavy atom. The van der Waals surface area contributed by atoms with Crippen LogP contribution in [0.5, 0.6) is 0 Å². The molecule has 0 spiro atoms. The number of hydrogen-bond acceptors (Lipinski definition) is 5. The van der Waals surface area contributed by atoms with Crippen LogP contribution in [0.4, 0.5) is 5.69 Å². The van der Waals surface area contributed by atoms with Crippen molar-refractivity contribution in [2.45, 2.75) is 6.54 Å². The first-order valence-electron chi connectivity index (χ1n) is 7.08. The van der Waals surface area contributed by atoms with E-state index in [2.05, 4.69) is 9.97 Å². The number of imide groups is 1. The molecule has 0 saturated carbocycles. The van der Waals surface area contributed by atoms with E-state index in [1.54, 1.807) is 36.7 Å². The number of aromatic nitrogens is 2. The molecule has 2 aromatic carbocycles. The number of carbonyl (C=O) groups is 2. The fraction of sp³-hybridized carbons (Fsp3) is 0.0588. The van der Waals surface area contributed by atoms with E-state index in [-0.39, 0.29) is 18.4 Å². The Morgan fingerprint density at radius 3 is 2.39 bits per heavy atom. The summed E-state index contributed by atoms with van der Waals surface area (Å²) in [6, 6.07) is 8.67. The molecule has 0 aliphatic carbocycles. The SMILES string of the molecule is Nc1ccc2c3c(cccc13)C(=O)N(Cc1cncnc1)C2=O. The molecule has 0 unspecified atom stereocenters. The lowest BCUT2D eigenvalue weighted by Gasteiger charge is -2.27. The highest BCUT2D eigenvalue weighted by Gasteiger charge is 2.33. The molecule has 0 fully saturated rings. The molecule has 2 N–H and O–H groups in total. The molecule has 6 heteroatoms. The zero-order chi connectivity index (χ0) is 16.0. The van der Waals surface area contributed by atoms with Gasteiger partial charge in [0.1, 0.15) is 6.33 Å². The molecule has 3 aromatic rings. The summed E-state index contributed by atoms with van der Waals surface area (Å²) in [6.45, 7) is 0.138. The van der Waals surface area contributed by atoms with E-state index >= 15 is 0 Å². The van der Waals surface area contributed by atoms with Crippen LogP contribution in [0, 0.1) is 0 Å². The van der Waals surface area contributed by atoms with Gasteiger partial charge in [-0.2, -0.15) is 0 Å². The second kappa shape index (κ2) is 4.88. The predicted octanol–water partition coefficient (Wildman–Crippen LogP) is 2.01.